The number of hydrogen-bond acceptors (Lipinski definition) is 4. The molecule has 1 aromatic rings. The summed E-state index contributed by atoms with van der Waals surface area (Å²) in [6.07, 6.45) is 1.76. The molecule has 1 aromatic heterocycles. The molecule has 0 aliphatic rings. The maximum Gasteiger partial charge on any atom is 0.304 e. The minimum Gasteiger partial charge on any atom is -0.481 e. The van der Waals surface area contributed by atoms with Gasteiger partial charge >= 0.3 is 5.97 Å². The van der Waals surface area contributed by atoms with Crippen molar-refractivity contribution in [2.45, 2.75) is 12.2 Å². The quantitative estimate of drug-likeness (QED) is 0.767. The molecule has 78 valence electrons. The Kier molecular flexibility index (Phi) is 4.64. The van der Waals surface area contributed by atoms with E-state index in [2.05, 4.69) is 4.98 Å². The van der Waals surface area contributed by atoms with E-state index >= 15 is 0 Å². The third-order valence-electron chi connectivity index (χ3n) is 1.67. The fourth-order valence-electron chi connectivity index (χ4n) is 0.975. The van der Waals surface area contributed by atoms with Gasteiger partial charge in [0.25, 0.3) is 0 Å². The first kappa shape index (κ1) is 11.5. The van der Waals surface area contributed by atoms with Gasteiger partial charge in [0.05, 0.1) is 6.42 Å². The first-order valence-electron chi connectivity index (χ1n) is 4.37. The van der Waals surface area contributed by atoms with Gasteiger partial charge in [-0.2, -0.15) is 17.0 Å². The van der Waals surface area contributed by atoms with Crippen molar-refractivity contribution in [3.8, 4) is 6.07 Å². The van der Waals surface area contributed by atoms with Crippen molar-refractivity contribution in [1.29, 1.82) is 5.26 Å². The SMILES string of the molecule is N#Cc1cc(CSCCC(=O)O)ccn1. The monoisotopic (exact) mass is 222 g/mol. The zero-order valence-electron chi connectivity index (χ0n) is 8.01. The smallest absolute Gasteiger partial charge is 0.304 e. The molecule has 15 heavy (non-hydrogen) atoms. The molecule has 0 radical (unpaired) electrons. The van der Waals surface area contributed by atoms with Crippen LogP contribution in [0.3, 0.4) is 0 Å². The number of hydrogen-bond donors (Lipinski definition) is 1. The van der Waals surface area contributed by atoms with E-state index in [-0.39, 0.29) is 6.42 Å². The Labute approximate surface area is 91.9 Å². The summed E-state index contributed by atoms with van der Waals surface area (Å²) >= 11 is 1.54. The second kappa shape index (κ2) is 6.04. The maximum atomic E-state index is 10.2. The largest absolute Gasteiger partial charge is 0.481 e. The lowest BCUT2D eigenvalue weighted by Crippen LogP contribution is -1.96. The van der Waals surface area contributed by atoms with Gasteiger partial charge in [0.1, 0.15) is 11.8 Å². The molecule has 0 amide bonds. The van der Waals surface area contributed by atoms with Crippen molar-refractivity contribution < 1.29 is 9.90 Å². The fourth-order valence-corrected chi connectivity index (χ4v) is 1.85. The van der Waals surface area contributed by atoms with Gasteiger partial charge in [-0.05, 0) is 17.7 Å². The van der Waals surface area contributed by atoms with E-state index in [1.807, 2.05) is 12.1 Å². The third kappa shape index (κ3) is 4.47. The van der Waals surface area contributed by atoms with E-state index in [9.17, 15) is 4.79 Å². The lowest BCUT2D eigenvalue weighted by atomic mass is 10.2. The summed E-state index contributed by atoms with van der Waals surface area (Å²) < 4.78 is 0. The maximum absolute atomic E-state index is 10.2. The topological polar surface area (TPSA) is 74.0 Å². The van der Waals surface area contributed by atoms with Gasteiger partial charge in [-0.15, -0.1) is 0 Å². The van der Waals surface area contributed by atoms with Crippen LogP contribution in [0, 0.1) is 11.3 Å². The van der Waals surface area contributed by atoms with Crippen molar-refractivity contribution >= 4 is 17.7 Å². The van der Waals surface area contributed by atoms with Crippen LogP contribution in [-0.4, -0.2) is 21.8 Å². The average molecular weight is 222 g/mol. The Hall–Kier alpha value is -1.54. The molecule has 1 rings (SSSR count). The second-order valence-electron chi connectivity index (χ2n) is 2.86. The lowest BCUT2D eigenvalue weighted by molar-refractivity contribution is -0.136. The van der Waals surface area contributed by atoms with Crippen LogP contribution >= 0.6 is 11.8 Å². The summed E-state index contributed by atoms with van der Waals surface area (Å²) in [7, 11) is 0. The summed E-state index contributed by atoms with van der Waals surface area (Å²) in [6.45, 7) is 0. The number of carbonyl (C=O) groups is 1. The molecular weight excluding hydrogens is 212 g/mol. The highest BCUT2D eigenvalue weighted by atomic mass is 32.2. The number of pyridine rings is 1. The minimum atomic E-state index is -0.782. The Morgan fingerprint density at radius 2 is 2.47 bits per heavy atom. The molecule has 0 saturated heterocycles. The van der Waals surface area contributed by atoms with E-state index in [1.54, 1.807) is 12.3 Å². The summed E-state index contributed by atoms with van der Waals surface area (Å²) in [5.74, 6) is 0.513. The molecule has 0 fully saturated rings. The number of carboxylic acid groups (broad SMARTS) is 1. The van der Waals surface area contributed by atoms with Crippen molar-refractivity contribution in [3.63, 3.8) is 0 Å². The van der Waals surface area contributed by atoms with Crippen LogP contribution in [0.25, 0.3) is 0 Å². The number of rotatable bonds is 5. The van der Waals surface area contributed by atoms with Gasteiger partial charge < -0.3 is 5.11 Å². The van der Waals surface area contributed by atoms with E-state index in [0.29, 0.717) is 17.2 Å². The summed E-state index contributed by atoms with van der Waals surface area (Å²) in [5, 5.41) is 17.0. The predicted molar refractivity (Wildman–Crippen MR) is 57.4 cm³/mol. The molecule has 0 spiro atoms. The van der Waals surface area contributed by atoms with Crippen LogP contribution in [0.1, 0.15) is 17.7 Å². The van der Waals surface area contributed by atoms with Crippen molar-refractivity contribution in [2.24, 2.45) is 0 Å². The van der Waals surface area contributed by atoms with Gasteiger partial charge in [-0.25, -0.2) is 4.98 Å². The van der Waals surface area contributed by atoms with Crippen molar-refractivity contribution in [1.82, 2.24) is 4.98 Å². The zero-order valence-corrected chi connectivity index (χ0v) is 8.83. The van der Waals surface area contributed by atoms with E-state index in [0.717, 1.165) is 5.56 Å². The molecule has 0 unspecified atom stereocenters. The number of nitriles is 1. The molecule has 0 aliphatic carbocycles. The minimum absolute atomic E-state index is 0.168. The molecule has 0 atom stereocenters. The molecule has 1 N–H and O–H groups in total. The van der Waals surface area contributed by atoms with Gasteiger partial charge in [0, 0.05) is 17.7 Å². The van der Waals surface area contributed by atoms with E-state index in [4.69, 9.17) is 10.4 Å². The van der Waals surface area contributed by atoms with Crippen LogP contribution in [-0.2, 0) is 10.5 Å². The Morgan fingerprint density at radius 1 is 1.67 bits per heavy atom. The first-order valence-corrected chi connectivity index (χ1v) is 5.52. The number of aliphatic carboxylic acids is 1. The normalized spacial score (nSPS) is 9.53. The molecule has 4 nitrogen and oxygen atoms in total. The molecule has 5 heteroatoms. The van der Waals surface area contributed by atoms with Crippen molar-refractivity contribution in [3.05, 3.63) is 29.6 Å². The van der Waals surface area contributed by atoms with Gasteiger partial charge in [-0.1, -0.05) is 0 Å². The molecular formula is C10H10N2O2S. The molecule has 0 saturated carbocycles. The molecule has 0 bridgehead atoms. The summed E-state index contributed by atoms with van der Waals surface area (Å²) in [6, 6.07) is 5.51. The van der Waals surface area contributed by atoms with Crippen LogP contribution < -0.4 is 0 Å². The predicted octanol–water partition coefficient (Wildman–Crippen LogP) is 1.66. The van der Waals surface area contributed by atoms with Crippen LogP contribution in [0.15, 0.2) is 18.3 Å². The first-order chi connectivity index (χ1) is 7.22. The highest BCUT2D eigenvalue weighted by molar-refractivity contribution is 7.98. The zero-order chi connectivity index (χ0) is 11.1. The van der Waals surface area contributed by atoms with Gasteiger partial charge in [0.2, 0.25) is 0 Å². The molecule has 0 aliphatic heterocycles. The fraction of sp³-hybridized carbons (Fsp3) is 0.300. The second-order valence-corrected chi connectivity index (χ2v) is 3.96. The average Bonchev–Trinajstić information content (AvgIpc) is 2.24. The number of carboxylic acids is 1. The van der Waals surface area contributed by atoms with Crippen LogP contribution in [0.5, 0.6) is 0 Å². The molecule has 1 heterocycles. The summed E-state index contributed by atoms with van der Waals surface area (Å²) in [5.41, 5.74) is 1.39. The highest BCUT2D eigenvalue weighted by Crippen LogP contribution is 2.13. The summed E-state index contributed by atoms with van der Waals surface area (Å²) in [4.78, 5) is 14.1. The number of nitrogens with zero attached hydrogens (tertiary/aromatic N) is 2. The van der Waals surface area contributed by atoms with E-state index in [1.165, 1.54) is 11.8 Å². The van der Waals surface area contributed by atoms with Gasteiger partial charge in [-0.3, -0.25) is 4.79 Å². The Morgan fingerprint density at radius 3 is 3.13 bits per heavy atom. The highest BCUT2D eigenvalue weighted by Gasteiger charge is 1.99. The lowest BCUT2D eigenvalue weighted by Gasteiger charge is -2.00. The Balaban J connectivity index is 2.38. The number of thioether (sulfide) groups is 1. The third-order valence-corrected chi connectivity index (χ3v) is 2.70. The standard InChI is InChI=1S/C10H10N2O2S/c11-6-9-5-8(1-3-12-9)7-15-4-2-10(13)14/h1,3,5H,2,4,7H2,(H,13,14). The Bertz CT molecular complexity index is 387. The number of aromatic nitrogens is 1. The van der Waals surface area contributed by atoms with E-state index < -0.39 is 5.97 Å². The van der Waals surface area contributed by atoms with Crippen molar-refractivity contribution in [2.75, 3.05) is 5.75 Å². The van der Waals surface area contributed by atoms with Crippen LogP contribution in [0.4, 0.5) is 0 Å². The molecule has 0 aromatic carbocycles. The van der Waals surface area contributed by atoms with Crippen LogP contribution in [0.2, 0.25) is 0 Å². The van der Waals surface area contributed by atoms with Gasteiger partial charge in [0.15, 0.2) is 0 Å².